The third-order valence-corrected chi connectivity index (χ3v) is 20.3. The molecule has 15 nitrogen and oxygen atoms in total. The molecule has 6 saturated heterocycles. The lowest BCUT2D eigenvalue weighted by molar-refractivity contribution is -0.972. The third-order valence-electron chi connectivity index (χ3n) is 18.3. The van der Waals surface area contributed by atoms with E-state index in [-0.39, 0.29) is 65.7 Å². The monoisotopic (exact) mass is 1030 g/mol. The van der Waals surface area contributed by atoms with Crippen molar-refractivity contribution in [3.05, 3.63) is 58.6 Å². The van der Waals surface area contributed by atoms with E-state index in [1.54, 1.807) is 12.1 Å². The van der Waals surface area contributed by atoms with Gasteiger partial charge in [0.05, 0.1) is 66.5 Å². The fraction of sp³-hybridized carbons (Fsp3) is 0.727. The molecule has 2 aromatic rings. The van der Waals surface area contributed by atoms with Crippen LogP contribution in [-0.2, 0) is 9.53 Å². The van der Waals surface area contributed by atoms with Gasteiger partial charge in [0.15, 0.2) is 0 Å². The van der Waals surface area contributed by atoms with Crippen molar-refractivity contribution >= 4 is 40.7 Å². The van der Waals surface area contributed by atoms with Crippen LogP contribution >= 0.6 is 23.4 Å². The Labute approximate surface area is 439 Å². The summed E-state index contributed by atoms with van der Waals surface area (Å²) in [6.45, 7) is 27.3. The summed E-state index contributed by atoms with van der Waals surface area (Å²) < 4.78 is 13.6. The quantitative estimate of drug-likeness (QED) is 0.134. The maximum Gasteiger partial charge on any atom is 0.230 e. The number of carbonyl (C=O) groups excluding carboxylic acids is 1. The van der Waals surface area contributed by atoms with E-state index in [1.165, 1.54) is 49.8 Å². The number of nitrogens with zero attached hydrogens (tertiary/aromatic N) is 6. The number of benzene rings is 2. The number of rotatable bonds is 12. The zero-order chi connectivity index (χ0) is 50.4. The molecular weight excluding hydrogens is 944 g/mol. The molecule has 6 N–H and O–H groups in total. The highest BCUT2D eigenvalue weighted by atomic mass is 35.5. The largest absolute Gasteiger partial charge is 0.489 e. The summed E-state index contributed by atoms with van der Waals surface area (Å²) in [5.41, 5.74) is 10.6. The zero-order valence-electron chi connectivity index (χ0n) is 44.1. The van der Waals surface area contributed by atoms with Crippen LogP contribution in [-0.4, -0.2) is 163 Å². The molecule has 1 amide bonds. The second kappa shape index (κ2) is 21.9. The minimum Gasteiger partial charge on any atom is -0.489 e. The van der Waals surface area contributed by atoms with Gasteiger partial charge in [-0.1, -0.05) is 78.1 Å². The van der Waals surface area contributed by atoms with E-state index in [0.29, 0.717) is 45.3 Å². The van der Waals surface area contributed by atoms with Crippen molar-refractivity contribution in [1.29, 1.82) is 5.26 Å². The van der Waals surface area contributed by atoms with Gasteiger partial charge in [-0.2, -0.15) is 5.26 Å². The molecule has 7 heterocycles. The predicted octanol–water partition coefficient (Wildman–Crippen LogP) is 6.22. The summed E-state index contributed by atoms with van der Waals surface area (Å²) >= 11 is 8.49. The van der Waals surface area contributed by atoms with Crippen LogP contribution in [0.1, 0.15) is 105 Å². The number of amides is 1. The Morgan fingerprint density at radius 3 is 2.38 bits per heavy atom. The van der Waals surface area contributed by atoms with Gasteiger partial charge in [0.2, 0.25) is 12.2 Å². The minimum absolute atomic E-state index is 0.0274. The summed E-state index contributed by atoms with van der Waals surface area (Å²) in [5.74, 6) is 1.53. The van der Waals surface area contributed by atoms with E-state index in [9.17, 15) is 10.1 Å². The van der Waals surface area contributed by atoms with Gasteiger partial charge >= 0.3 is 0 Å². The number of nitrogens with one attached hydrogen (secondary N) is 6. The SMILES string of the molecule is CC1SC2C(C(c3ccc(NCCN4CCN(C5NCC(C(=O)NC6C(C)(C)C(Oc7ccc(C#N)c(Cl)c7)C6(C)C)C[N+]56CCCCCCCC6)CC4)cc3)=NC(CC3NCCO3)C3NNC(C)N32)C1C. The highest BCUT2D eigenvalue weighted by Gasteiger charge is 2.65. The van der Waals surface area contributed by atoms with E-state index in [2.05, 4.69) is 137 Å². The first-order valence-corrected chi connectivity index (χ1v) is 28.9. The number of hydrogen-bond acceptors (Lipinski definition) is 14. The van der Waals surface area contributed by atoms with Gasteiger partial charge in [-0.05, 0) is 68.4 Å². The molecule has 7 fully saturated rings. The van der Waals surface area contributed by atoms with Gasteiger partial charge in [0, 0.05) is 104 Å². The highest BCUT2D eigenvalue weighted by molar-refractivity contribution is 8.00. The minimum atomic E-state index is -0.309. The number of aliphatic imine (C=N–C) groups is 1. The Kier molecular flexibility index (Phi) is 15.9. The first-order chi connectivity index (χ1) is 34.7. The zero-order valence-corrected chi connectivity index (χ0v) is 45.7. The van der Waals surface area contributed by atoms with Crippen molar-refractivity contribution in [2.24, 2.45) is 33.6 Å². The van der Waals surface area contributed by atoms with Crippen molar-refractivity contribution in [1.82, 2.24) is 41.5 Å². The smallest absolute Gasteiger partial charge is 0.230 e. The van der Waals surface area contributed by atoms with E-state index >= 15 is 0 Å². The van der Waals surface area contributed by atoms with Crippen LogP contribution in [0.25, 0.3) is 0 Å². The van der Waals surface area contributed by atoms with Crippen molar-refractivity contribution in [3.63, 3.8) is 0 Å². The highest BCUT2D eigenvalue weighted by Crippen LogP contribution is 2.56. The number of nitriles is 1. The van der Waals surface area contributed by atoms with Crippen LogP contribution < -0.4 is 36.9 Å². The summed E-state index contributed by atoms with van der Waals surface area (Å²) in [6, 6.07) is 16.5. The van der Waals surface area contributed by atoms with Gasteiger partial charge in [0.1, 0.15) is 24.2 Å². The van der Waals surface area contributed by atoms with Gasteiger partial charge in [-0.25, -0.2) is 15.8 Å². The molecule has 0 bridgehead atoms. The number of carbonyl (C=O) groups is 1. The normalized spacial score (nSPS) is 35.8. The van der Waals surface area contributed by atoms with E-state index in [4.69, 9.17) is 26.1 Å². The standard InChI is InChI=1S/C55H83ClN12O3S/c1-35-36(2)72-50-46(35)47(61-44(31-45-59-21-29-70-45)48-64-63-37(3)67(48)50)38-14-17-41(18-15-38)58-20-22-65-23-25-66(26-24-65)53-60-33-40(34-68(53)27-12-10-8-9-11-13-28-68)49(69)62-51-54(4,5)52(55(51,6)7)71-42-19-16-39(32-57)43(56)30-42/h14-19,30,35-37,40,44-46,48,50-53,59-60,63-64H,8-13,20-29,31,33-34H2,1-7H3,(H-,58,61,62,69)/p+1. The second-order valence-electron chi connectivity index (χ2n) is 23.8. The fourth-order valence-electron chi connectivity index (χ4n) is 14.5. The Bertz CT molecular complexity index is 2260. The van der Waals surface area contributed by atoms with E-state index in [1.807, 2.05) is 6.07 Å². The number of hydrogen-bond donors (Lipinski definition) is 6. The Balaban J connectivity index is 0.747. The van der Waals surface area contributed by atoms with Crippen molar-refractivity contribution in [3.8, 4) is 11.8 Å². The topological polar surface area (TPSA) is 154 Å². The number of hydrazine groups is 1. The van der Waals surface area contributed by atoms with E-state index < -0.39 is 0 Å². The lowest BCUT2D eigenvalue weighted by Gasteiger charge is -2.63. The van der Waals surface area contributed by atoms with Crippen molar-refractivity contribution in [2.75, 3.05) is 83.9 Å². The van der Waals surface area contributed by atoms with Crippen molar-refractivity contribution in [2.45, 2.75) is 147 Å². The van der Waals surface area contributed by atoms with Gasteiger partial charge in [-0.3, -0.25) is 34.7 Å². The predicted molar refractivity (Wildman–Crippen MR) is 288 cm³/mol. The molecule has 1 aliphatic carbocycles. The van der Waals surface area contributed by atoms with Crippen LogP contribution in [0.15, 0.2) is 47.5 Å². The molecule has 0 aromatic heterocycles. The molecule has 7 aliphatic heterocycles. The third kappa shape index (κ3) is 10.4. The van der Waals surface area contributed by atoms with Gasteiger partial charge < -0.3 is 20.1 Å². The number of ether oxygens (including phenoxy) is 2. The first kappa shape index (κ1) is 52.4. The summed E-state index contributed by atoms with van der Waals surface area (Å²) in [5, 5.41) is 25.6. The van der Waals surface area contributed by atoms with Crippen LogP contribution in [0.5, 0.6) is 5.75 Å². The first-order valence-electron chi connectivity index (χ1n) is 27.6. The molecule has 1 spiro atoms. The average Bonchev–Trinajstić information content (AvgIpc) is 4.10. The summed E-state index contributed by atoms with van der Waals surface area (Å²) in [7, 11) is 0. The molecule has 10 rings (SSSR count). The summed E-state index contributed by atoms with van der Waals surface area (Å²) in [4.78, 5) is 28.2. The van der Waals surface area contributed by atoms with Gasteiger partial charge in [0.25, 0.3) is 0 Å². The molecule has 10 atom stereocenters. The summed E-state index contributed by atoms with van der Waals surface area (Å²) in [6.07, 6.45) is 8.82. The lowest BCUT2D eigenvalue weighted by Crippen LogP contribution is -2.78. The number of thioether (sulfide) groups is 1. The van der Waals surface area contributed by atoms with Crippen molar-refractivity contribution < 1.29 is 18.8 Å². The number of halogens is 1. The molecule has 8 aliphatic rings. The molecule has 394 valence electrons. The Morgan fingerprint density at radius 1 is 0.972 bits per heavy atom. The van der Waals surface area contributed by atoms with Crippen LogP contribution in [0.4, 0.5) is 5.69 Å². The molecule has 0 radical (unpaired) electrons. The molecule has 1 saturated carbocycles. The van der Waals surface area contributed by atoms with E-state index in [0.717, 1.165) is 88.6 Å². The maximum atomic E-state index is 14.5. The van der Waals surface area contributed by atoms with Crippen LogP contribution in [0.3, 0.4) is 0 Å². The van der Waals surface area contributed by atoms with Crippen LogP contribution in [0.2, 0.25) is 5.02 Å². The van der Waals surface area contributed by atoms with Crippen LogP contribution in [0, 0.1) is 39.9 Å². The Hall–Kier alpha value is -3.05. The lowest BCUT2D eigenvalue weighted by atomic mass is 9.49. The maximum absolute atomic E-state index is 14.5. The number of anilines is 1. The number of piperazine rings is 1. The molecule has 72 heavy (non-hydrogen) atoms. The number of fused-ring (bicyclic) bond motifs is 3. The number of quaternary nitrogens is 1. The molecule has 10 unspecified atom stereocenters. The average molecular weight is 1030 g/mol. The molecule has 2 aromatic carbocycles. The second-order valence-corrected chi connectivity index (χ2v) is 25.7. The Morgan fingerprint density at radius 2 is 1.69 bits per heavy atom. The fourth-order valence-corrected chi connectivity index (χ4v) is 16.6. The van der Waals surface area contributed by atoms with Gasteiger partial charge in [-0.15, -0.1) is 11.8 Å². The molecular formula is C55H84ClN12O3S+. The molecule has 17 heteroatoms.